The van der Waals surface area contributed by atoms with Crippen molar-refractivity contribution in [1.82, 2.24) is 5.27 Å². The molecule has 0 saturated carbocycles. The third-order valence-corrected chi connectivity index (χ3v) is 7.77. The molecular formula is C26H25N4O7S2+. The number of esters is 1. The van der Waals surface area contributed by atoms with Crippen LogP contribution in [-0.4, -0.2) is 43.0 Å². The SMILES string of the molecule is COC(=O)c1c(NC(=O)CCSc2c(=O)o[nH][n+]2-c2ccc(OC)cc2)sc(C(=O)Nc2ccccc2)c1C. The fourth-order valence-corrected chi connectivity index (χ4v) is 5.61. The molecule has 2 aromatic carbocycles. The number of anilines is 2. The van der Waals surface area contributed by atoms with Gasteiger partial charge in [-0.25, -0.2) is 9.59 Å². The number of methoxy groups -OCH3 is 2. The second kappa shape index (κ2) is 12.5. The van der Waals surface area contributed by atoms with Gasteiger partial charge >= 0.3 is 16.6 Å². The van der Waals surface area contributed by atoms with Gasteiger partial charge in [-0.15, -0.1) is 11.3 Å². The van der Waals surface area contributed by atoms with Crippen molar-refractivity contribution in [1.29, 1.82) is 0 Å². The number of thioether (sulfide) groups is 1. The van der Waals surface area contributed by atoms with E-state index < -0.39 is 23.4 Å². The van der Waals surface area contributed by atoms with Gasteiger partial charge in [-0.2, -0.15) is 0 Å². The number of rotatable bonds is 10. The number of H-pyrrole nitrogens is 1. The van der Waals surface area contributed by atoms with Crippen molar-refractivity contribution in [3.8, 4) is 11.4 Å². The number of hydrogen-bond acceptors (Lipinski definition) is 9. The Bertz CT molecular complexity index is 1540. The van der Waals surface area contributed by atoms with Crippen LogP contribution in [0.15, 0.2) is 68.9 Å². The van der Waals surface area contributed by atoms with Gasteiger partial charge in [-0.1, -0.05) is 18.2 Å². The van der Waals surface area contributed by atoms with Gasteiger partial charge in [-0.05, 0) is 58.5 Å². The van der Waals surface area contributed by atoms with Crippen LogP contribution in [0.25, 0.3) is 5.69 Å². The first-order valence-corrected chi connectivity index (χ1v) is 13.4. The normalized spacial score (nSPS) is 10.6. The Kier molecular flexibility index (Phi) is 8.84. The zero-order valence-corrected chi connectivity index (χ0v) is 22.9. The minimum atomic E-state index is -0.669. The Morgan fingerprint density at radius 3 is 2.44 bits per heavy atom. The largest absolute Gasteiger partial charge is 0.497 e. The Morgan fingerprint density at radius 2 is 1.77 bits per heavy atom. The van der Waals surface area contributed by atoms with Gasteiger partial charge in [0.25, 0.3) is 5.91 Å². The summed E-state index contributed by atoms with van der Waals surface area (Å²) in [5.74, 6) is -0.583. The van der Waals surface area contributed by atoms with Crippen molar-refractivity contribution < 1.29 is 33.1 Å². The zero-order valence-electron chi connectivity index (χ0n) is 21.2. The first-order valence-electron chi connectivity index (χ1n) is 11.6. The van der Waals surface area contributed by atoms with Gasteiger partial charge in [0.1, 0.15) is 10.8 Å². The molecular weight excluding hydrogens is 544 g/mol. The van der Waals surface area contributed by atoms with Crippen LogP contribution in [0, 0.1) is 6.92 Å². The molecule has 2 amide bonds. The summed E-state index contributed by atoms with van der Waals surface area (Å²) >= 11 is 2.12. The molecule has 13 heteroatoms. The van der Waals surface area contributed by atoms with Crippen molar-refractivity contribution in [3.05, 3.63) is 81.0 Å². The van der Waals surface area contributed by atoms with E-state index in [4.69, 9.17) is 14.0 Å². The maximum absolute atomic E-state index is 12.9. The predicted octanol–water partition coefficient (Wildman–Crippen LogP) is 3.78. The molecule has 0 aliphatic heterocycles. The molecule has 202 valence electrons. The van der Waals surface area contributed by atoms with Crippen molar-refractivity contribution >= 4 is 51.6 Å². The lowest BCUT2D eigenvalue weighted by Crippen LogP contribution is -2.36. The molecule has 11 nitrogen and oxygen atoms in total. The van der Waals surface area contributed by atoms with Crippen molar-refractivity contribution in [2.75, 3.05) is 30.6 Å². The lowest BCUT2D eigenvalue weighted by atomic mass is 10.1. The predicted molar refractivity (Wildman–Crippen MR) is 146 cm³/mol. The number of amides is 2. The molecule has 0 saturated heterocycles. The summed E-state index contributed by atoms with van der Waals surface area (Å²) in [6, 6.07) is 15.9. The topological polar surface area (TPSA) is 144 Å². The summed E-state index contributed by atoms with van der Waals surface area (Å²) in [5, 5.41) is 8.52. The Morgan fingerprint density at radius 1 is 1.05 bits per heavy atom. The van der Waals surface area contributed by atoms with Crippen LogP contribution in [0.4, 0.5) is 10.7 Å². The van der Waals surface area contributed by atoms with Gasteiger partial charge in [0.05, 0.1) is 24.7 Å². The maximum Gasteiger partial charge on any atom is 0.442 e. The van der Waals surface area contributed by atoms with E-state index in [9.17, 15) is 19.2 Å². The van der Waals surface area contributed by atoms with E-state index in [1.165, 1.54) is 11.8 Å². The van der Waals surface area contributed by atoms with Crippen LogP contribution in [-0.2, 0) is 9.53 Å². The van der Waals surface area contributed by atoms with E-state index in [1.807, 2.05) is 6.07 Å². The molecule has 4 rings (SSSR count). The highest BCUT2D eigenvalue weighted by molar-refractivity contribution is 7.99. The number of carbonyl (C=O) groups excluding carboxylic acids is 3. The number of carbonyl (C=O) groups is 3. The summed E-state index contributed by atoms with van der Waals surface area (Å²) in [6.45, 7) is 1.62. The Balaban J connectivity index is 1.45. The van der Waals surface area contributed by atoms with Crippen LogP contribution < -0.4 is 25.7 Å². The lowest BCUT2D eigenvalue weighted by molar-refractivity contribution is -0.704. The summed E-state index contributed by atoms with van der Waals surface area (Å²) in [5.41, 5.74) is 1.18. The molecule has 0 bridgehead atoms. The number of thiophene rings is 1. The highest BCUT2D eigenvalue weighted by Crippen LogP contribution is 2.34. The second-order valence-electron chi connectivity index (χ2n) is 8.04. The van der Waals surface area contributed by atoms with Gasteiger partial charge < -0.3 is 20.1 Å². The summed E-state index contributed by atoms with van der Waals surface area (Å²) in [4.78, 5) is 50.7. The quantitative estimate of drug-likeness (QED) is 0.149. The second-order valence-corrected chi connectivity index (χ2v) is 10.1. The number of benzene rings is 2. The zero-order chi connectivity index (χ0) is 27.9. The van der Waals surface area contributed by atoms with Crippen LogP contribution in [0.5, 0.6) is 5.75 Å². The van der Waals surface area contributed by atoms with E-state index >= 15 is 0 Å². The fourth-order valence-electron chi connectivity index (χ4n) is 3.59. The lowest BCUT2D eigenvalue weighted by Gasteiger charge is -2.05. The minimum absolute atomic E-state index is 0.0149. The fraction of sp³-hybridized carbons (Fsp3) is 0.192. The van der Waals surface area contributed by atoms with E-state index in [2.05, 4.69) is 15.9 Å². The molecule has 0 unspecified atom stereocenters. The van der Waals surface area contributed by atoms with Gasteiger partial charge in [0.15, 0.2) is 0 Å². The molecule has 39 heavy (non-hydrogen) atoms. The number of para-hydroxylation sites is 1. The third-order valence-electron chi connectivity index (χ3n) is 5.53. The monoisotopic (exact) mass is 569 g/mol. The van der Waals surface area contributed by atoms with Gasteiger partial charge in [0, 0.05) is 30.0 Å². The highest BCUT2D eigenvalue weighted by atomic mass is 32.2. The van der Waals surface area contributed by atoms with E-state index in [0.29, 0.717) is 22.7 Å². The van der Waals surface area contributed by atoms with Gasteiger partial charge in [-0.3, -0.25) is 14.1 Å². The van der Waals surface area contributed by atoms with Crippen molar-refractivity contribution in [2.24, 2.45) is 0 Å². The number of nitrogens with zero attached hydrogens (tertiary/aromatic N) is 1. The average molecular weight is 570 g/mol. The maximum atomic E-state index is 12.9. The molecule has 2 aromatic heterocycles. The standard InChI is InChI=1S/C26H24N4O7S2/c1-15-20(25(33)36-3)23(39-21(15)22(32)27-16-7-5-4-6-8-16)28-19(31)13-14-38-24-26(34)37-29-30(24)17-9-11-18(35-2)12-10-17/h4-12H,13-14H2,1-3H3,(H2-,27,28,29,31,32,33,34)/p+1. The molecule has 0 aliphatic carbocycles. The minimum Gasteiger partial charge on any atom is -0.497 e. The van der Waals surface area contributed by atoms with E-state index in [-0.39, 0.29) is 32.6 Å². The number of hydrogen-bond donors (Lipinski definition) is 3. The highest BCUT2D eigenvalue weighted by Gasteiger charge is 2.27. The van der Waals surface area contributed by atoms with Crippen molar-refractivity contribution in [2.45, 2.75) is 18.4 Å². The number of aromatic amines is 1. The first-order chi connectivity index (χ1) is 18.8. The molecule has 0 atom stereocenters. The van der Waals surface area contributed by atoms with Crippen LogP contribution in [0.1, 0.15) is 32.0 Å². The molecule has 0 spiro atoms. The molecule has 0 fully saturated rings. The third kappa shape index (κ3) is 6.38. The van der Waals surface area contributed by atoms with Crippen molar-refractivity contribution in [3.63, 3.8) is 0 Å². The van der Waals surface area contributed by atoms with Crippen LogP contribution in [0.3, 0.4) is 0 Å². The first kappa shape index (κ1) is 27.7. The summed E-state index contributed by atoms with van der Waals surface area (Å²) in [7, 11) is 2.78. The molecule has 0 aliphatic rings. The van der Waals surface area contributed by atoms with Gasteiger partial charge in [0.2, 0.25) is 11.6 Å². The molecule has 3 N–H and O–H groups in total. The number of ether oxygens (including phenoxy) is 2. The van der Waals surface area contributed by atoms with Crippen LogP contribution >= 0.6 is 23.1 Å². The summed E-state index contributed by atoms with van der Waals surface area (Å²) < 4.78 is 16.4. The molecule has 0 radical (unpaired) electrons. The summed E-state index contributed by atoms with van der Waals surface area (Å²) in [6.07, 6.45) is 0.0149. The molecule has 2 heterocycles. The number of nitrogens with one attached hydrogen (secondary N) is 3. The smallest absolute Gasteiger partial charge is 0.442 e. The van der Waals surface area contributed by atoms with E-state index in [1.54, 1.807) is 62.6 Å². The Labute approximate surface area is 231 Å². The molecule has 4 aromatic rings. The Hall–Kier alpha value is -4.36. The average Bonchev–Trinajstić information content (AvgIpc) is 3.47. The van der Waals surface area contributed by atoms with Crippen LogP contribution in [0.2, 0.25) is 0 Å². The van der Waals surface area contributed by atoms with E-state index in [0.717, 1.165) is 23.1 Å². The number of aromatic nitrogens is 2.